The molecule has 180 valence electrons. The fourth-order valence-corrected chi connectivity index (χ4v) is 3.06. The molecule has 0 aliphatic rings. The van der Waals surface area contributed by atoms with E-state index in [4.69, 9.17) is 9.47 Å². The third-order valence-corrected chi connectivity index (χ3v) is 4.36. The topological polar surface area (TPSA) is 93.7 Å². The van der Waals surface area contributed by atoms with Gasteiger partial charge >= 0.3 is 12.1 Å². The predicted molar refractivity (Wildman–Crippen MR) is 125 cm³/mol. The van der Waals surface area contributed by atoms with E-state index in [1.165, 1.54) is 0 Å². The number of amides is 2. The average molecular weight is 449 g/mol. The van der Waals surface area contributed by atoms with Crippen LogP contribution in [0, 0.1) is 11.3 Å². The first-order valence-corrected chi connectivity index (χ1v) is 11.2. The number of rotatable bonds is 9. The van der Waals surface area contributed by atoms with Crippen LogP contribution in [-0.2, 0) is 25.7 Å². The number of nitrogens with one attached hydrogen (secondary N) is 2. The fourth-order valence-electron chi connectivity index (χ4n) is 3.06. The minimum Gasteiger partial charge on any atom is -0.459 e. The van der Waals surface area contributed by atoms with Crippen molar-refractivity contribution in [2.24, 2.45) is 11.3 Å². The summed E-state index contributed by atoms with van der Waals surface area (Å²) in [6.45, 7) is 15.3. The highest BCUT2D eigenvalue weighted by atomic mass is 16.6. The van der Waals surface area contributed by atoms with E-state index in [9.17, 15) is 14.4 Å². The fraction of sp³-hybridized carbons (Fsp3) is 0.640. The van der Waals surface area contributed by atoms with Gasteiger partial charge in [-0.2, -0.15) is 0 Å². The number of benzene rings is 1. The summed E-state index contributed by atoms with van der Waals surface area (Å²) < 4.78 is 10.8. The van der Waals surface area contributed by atoms with Crippen molar-refractivity contribution in [2.45, 2.75) is 92.5 Å². The Balaban J connectivity index is 2.90. The maximum atomic E-state index is 13.1. The van der Waals surface area contributed by atoms with Gasteiger partial charge < -0.3 is 20.1 Å². The monoisotopic (exact) mass is 448 g/mol. The van der Waals surface area contributed by atoms with Crippen LogP contribution in [0.2, 0.25) is 0 Å². The molecule has 2 N–H and O–H groups in total. The van der Waals surface area contributed by atoms with Crippen LogP contribution in [0.1, 0.15) is 73.8 Å². The molecule has 0 spiro atoms. The van der Waals surface area contributed by atoms with Crippen LogP contribution < -0.4 is 10.6 Å². The zero-order chi connectivity index (χ0) is 24.5. The lowest BCUT2D eigenvalue weighted by atomic mass is 9.87. The molecule has 0 bridgehead atoms. The minimum absolute atomic E-state index is 0.131. The average Bonchev–Trinajstić information content (AvgIpc) is 2.62. The van der Waals surface area contributed by atoms with Crippen molar-refractivity contribution in [3.8, 4) is 0 Å². The summed E-state index contributed by atoms with van der Waals surface area (Å²) in [5.41, 5.74) is -0.0557. The largest absolute Gasteiger partial charge is 0.459 e. The molecule has 0 saturated heterocycles. The predicted octanol–water partition coefficient (Wildman–Crippen LogP) is 4.59. The Bertz CT molecular complexity index is 748. The molecule has 0 radical (unpaired) electrons. The quantitative estimate of drug-likeness (QED) is 0.539. The second-order valence-corrected chi connectivity index (χ2v) is 10.7. The molecular formula is C25H40N2O5. The number of alkyl carbamates (subject to hydrolysis) is 1. The summed E-state index contributed by atoms with van der Waals surface area (Å²) in [4.78, 5) is 38.2. The Hall–Kier alpha value is -2.57. The van der Waals surface area contributed by atoms with Crippen LogP contribution in [-0.4, -0.2) is 35.7 Å². The van der Waals surface area contributed by atoms with Crippen LogP contribution in [0.3, 0.4) is 0 Å². The van der Waals surface area contributed by atoms with Crippen LogP contribution in [0.25, 0.3) is 0 Å². The lowest BCUT2D eigenvalue weighted by Crippen LogP contribution is -2.53. The van der Waals surface area contributed by atoms with Crippen LogP contribution in [0.5, 0.6) is 0 Å². The Labute approximate surface area is 192 Å². The van der Waals surface area contributed by atoms with E-state index < -0.39 is 35.7 Å². The molecule has 0 unspecified atom stereocenters. The molecule has 0 aromatic heterocycles. The Kier molecular flexibility index (Phi) is 10.2. The number of ether oxygens (including phenoxy) is 2. The maximum absolute atomic E-state index is 13.1. The molecule has 1 aromatic rings. The standard InChI is InChI=1S/C25H40N2O5/c1-17(2)14-19(22(29)31-16-18-12-10-9-11-13-18)26-21(28)20(15-24(3,4)5)27-23(30)32-25(6,7)8/h9-13,17,19-20H,14-16H2,1-8H3,(H,26,28)(H,27,30)/t19-,20+/m0/s1. The van der Waals surface area contributed by atoms with E-state index in [0.29, 0.717) is 12.8 Å². The number of hydrogen-bond acceptors (Lipinski definition) is 5. The van der Waals surface area contributed by atoms with Gasteiger partial charge in [0.25, 0.3) is 0 Å². The first kappa shape index (κ1) is 27.5. The molecule has 2 amide bonds. The number of esters is 1. The summed E-state index contributed by atoms with van der Waals surface area (Å²) in [6, 6.07) is 7.71. The van der Waals surface area contributed by atoms with Gasteiger partial charge in [0.05, 0.1) is 0 Å². The molecular weight excluding hydrogens is 408 g/mol. The van der Waals surface area contributed by atoms with Crippen molar-refractivity contribution in [2.75, 3.05) is 0 Å². The summed E-state index contributed by atoms with van der Waals surface area (Å²) in [5, 5.41) is 5.45. The van der Waals surface area contributed by atoms with Crippen LogP contribution >= 0.6 is 0 Å². The van der Waals surface area contributed by atoms with Crippen LogP contribution in [0.4, 0.5) is 4.79 Å². The van der Waals surface area contributed by atoms with E-state index in [2.05, 4.69) is 10.6 Å². The zero-order valence-corrected chi connectivity index (χ0v) is 20.8. The van der Waals surface area contributed by atoms with Gasteiger partial charge in [0.2, 0.25) is 5.91 Å². The molecule has 1 rings (SSSR count). The molecule has 0 heterocycles. The Morgan fingerprint density at radius 3 is 2.00 bits per heavy atom. The van der Waals surface area contributed by atoms with E-state index in [-0.39, 0.29) is 17.9 Å². The molecule has 0 aliphatic carbocycles. The third kappa shape index (κ3) is 11.7. The first-order chi connectivity index (χ1) is 14.7. The second-order valence-electron chi connectivity index (χ2n) is 10.7. The molecule has 7 nitrogen and oxygen atoms in total. The van der Waals surface area contributed by atoms with Gasteiger partial charge in [-0.05, 0) is 50.5 Å². The molecule has 32 heavy (non-hydrogen) atoms. The SMILES string of the molecule is CC(C)C[C@H](NC(=O)[C@@H](CC(C)(C)C)NC(=O)OC(C)(C)C)C(=O)OCc1ccccc1. The highest BCUT2D eigenvalue weighted by Crippen LogP contribution is 2.22. The van der Waals surface area contributed by atoms with Crippen LogP contribution in [0.15, 0.2) is 30.3 Å². The van der Waals surface area contributed by atoms with Crippen molar-refractivity contribution in [1.29, 1.82) is 0 Å². The van der Waals surface area contributed by atoms with E-state index in [1.807, 2.05) is 65.0 Å². The summed E-state index contributed by atoms with van der Waals surface area (Å²) in [7, 11) is 0. The molecule has 0 aliphatic heterocycles. The highest BCUT2D eigenvalue weighted by Gasteiger charge is 2.32. The summed E-state index contributed by atoms with van der Waals surface area (Å²) in [6.07, 6.45) is 0.133. The number of carbonyl (C=O) groups excluding carboxylic acids is 3. The van der Waals surface area contributed by atoms with E-state index in [1.54, 1.807) is 20.8 Å². The van der Waals surface area contributed by atoms with Crippen molar-refractivity contribution in [3.05, 3.63) is 35.9 Å². The van der Waals surface area contributed by atoms with E-state index >= 15 is 0 Å². The van der Waals surface area contributed by atoms with Gasteiger partial charge in [0.1, 0.15) is 24.3 Å². The van der Waals surface area contributed by atoms with Crippen molar-refractivity contribution in [3.63, 3.8) is 0 Å². The van der Waals surface area contributed by atoms with E-state index in [0.717, 1.165) is 5.56 Å². The maximum Gasteiger partial charge on any atom is 0.408 e. The normalized spacial score (nSPS) is 13.8. The lowest BCUT2D eigenvalue weighted by Gasteiger charge is -2.29. The Morgan fingerprint density at radius 1 is 0.906 bits per heavy atom. The summed E-state index contributed by atoms with van der Waals surface area (Å²) >= 11 is 0. The van der Waals surface area contributed by atoms with Crippen molar-refractivity contribution >= 4 is 18.0 Å². The molecule has 2 atom stereocenters. The number of hydrogen-bond donors (Lipinski definition) is 2. The van der Waals surface area contributed by atoms with Gasteiger partial charge in [-0.1, -0.05) is 65.0 Å². The second kappa shape index (κ2) is 11.9. The Morgan fingerprint density at radius 2 is 1.50 bits per heavy atom. The van der Waals surface area contributed by atoms with Gasteiger partial charge in [-0.25, -0.2) is 9.59 Å². The molecule has 7 heteroatoms. The number of carbonyl (C=O) groups is 3. The van der Waals surface area contributed by atoms with Crippen molar-refractivity contribution in [1.82, 2.24) is 10.6 Å². The minimum atomic E-state index is -0.846. The van der Waals surface area contributed by atoms with Gasteiger partial charge in [-0.15, -0.1) is 0 Å². The lowest BCUT2D eigenvalue weighted by molar-refractivity contribution is -0.149. The summed E-state index contributed by atoms with van der Waals surface area (Å²) in [5.74, 6) is -0.778. The third-order valence-electron chi connectivity index (χ3n) is 4.36. The highest BCUT2D eigenvalue weighted by molar-refractivity contribution is 5.89. The molecule has 0 fully saturated rings. The van der Waals surface area contributed by atoms with Gasteiger partial charge in [0, 0.05) is 0 Å². The first-order valence-electron chi connectivity index (χ1n) is 11.2. The van der Waals surface area contributed by atoms with Crippen molar-refractivity contribution < 1.29 is 23.9 Å². The van der Waals surface area contributed by atoms with Gasteiger partial charge in [0.15, 0.2) is 0 Å². The van der Waals surface area contributed by atoms with Gasteiger partial charge in [-0.3, -0.25) is 4.79 Å². The zero-order valence-electron chi connectivity index (χ0n) is 20.8. The molecule has 1 aromatic carbocycles. The molecule has 0 saturated carbocycles. The smallest absolute Gasteiger partial charge is 0.408 e.